The van der Waals surface area contributed by atoms with Crippen molar-refractivity contribution in [1.29, 1.82) is 0 Å². The van der Waals surface area contributed by atoms with Crippen molar-refractivity contribution < 1.29 is 4.79 Å². The van der Waals surface area contributed by atoms with Crippen LogP contribution in [-0.2, 0) is 0 Å². The van der Waals surface area contributed by atoms with E-state index in [0.717, 1.165) is 0 Å². The fraction of sp³-hybridized carbons (Fsp3) is 0.417. The molecule has 3 N–H and O–H groups in total. The van der Waals surface area contributed by atoms with Crippen LogP contribution in [0.4, 0.5) is 0 Å². The molecule has 0 saturated heterocycles. The van der Waals surface area contributed by atoms with Gasteiger partial charge in [0.05, 0.1) is 0 Å². The third kappa shape index (κ3) is 5.39. The Morgan fingerprint density at radius 3 is 2.35 bits per heavy atom. The minimum Gasteiger partial charge on any atom is -0.351 e. The van der Waals surface area contributed by atoms with Gasteiger partial charge in [-0.05, 0) is 36.2 Å². The van der Waals surface area contributed by atoms with Gasteiger partial charge in [0.2, 0.25) is 0 Å². The summed E-state index contributed by atoms with van der Waals surface area (Å²) in [7, 11) is 0. The van der Waals surface area contributed by atoms with Crippen molar-refractivity contribution in [2.45, 2.75) is 13.8 Å². The summed E-state index contributed by atoms with van der Waals surface area (Å²) in [5, 5.41) is 3.47. The summed E-state index contributed by atoms with van der Waals surface area (Å²) < 4.78 is 0. The average Bonchev–Trinajstić information content (AvgIpc) is 2.27. The second-order valence-corrected chi connectivity index (χ2v) is 4.99. The summed E-state index contributed by atoms with van der Waals surface area (Å²) in [4.78, 5) is 11.7. The van der Waals surface area contributed by atoms with E-state index < -0.39 is 0 Å². The molecule has 0 bridgehead atoms. The van der Waals surface area contributed by atoms with Crippen LogP contribution >= 0.6 is 24.0 Å². The van der Waals surface area contributed by atoms with E-state index in [1.807, 2.05) is 13.8 Å². The first-order chi connectivity index (χ1) is 7.44. The van der Waals surface area contributed by atoms with Crippen LogP contribution in [-0.4, -0.2) is 19.0 Å². The summed E-state index contributed by atoms with van der Waals surface area (Å²) in [6.07, 6.45) is 0. The van der Waals surface area contributed by atoms with Gasteiger partial charge in [0.25, 0.3) is 5.91 Å². The number of halogens is 2. The van der Waals surface area contributed by atoms with Gasteiger partial charge in [0, 0.05) is 17.1 Å². The molecule has 0 unspecified atom stereocenters. The number of carbonyl (C=O) groups is 1. The van der Waals surface area contributed by atoms with Crippen molar-refractivity contribution in [2.75, 3.05) is 13.1 Å². The predicted octanol–water partition coefficient (Wildman–Crippen LogP) is 2.48. The van der Waals surface area contributed by atoms with Crippen LogP contribution in [0.1, 0.15) is 24.2 Å². The zero-order chi connectivity index (χ0) is 12.2. The van der Waals surface area contributed by atoms with Crippen molar-refractivity contribution in [3.63, 3.8) is 0 Å². The molecule has 0 aliphatic heterocycles. The lowest BCUT2D eigenvalue weighted by atomic mass is 9.94. The van der Waals surface area contributed by atoms with Gasteiger partial charge in [-0.15, -0.1) is 12.4 Å². The summed E-state index contributed by atoms with van der Waals surface area (Å²) in [6, 6.07) is 6.80. The van der Waals surface area contributed by atoms with Crippen molar-refractivity contribution in [3.05, 3.63) is 34.9 Å². The molecule has 1 aromatic carbocycles. The summed E-state index contributed by atoms with van der Waals surface area (Å²) in [6.45, 7) is 5.11. The van der Waals surface area contributed by atoms with E-state index in [1.54, 1.807) is 24.3 Å². The molecule has 1 aromatic rings. The normalized spacial score (nSPS) is 10.6. The minimum absolute atomic E-state index is 0. The molecule has 0 radical (unpaired) electrons. The molecule has 0 heterocycles. The number of hydrogen-bond donors (Lipinski definition) is 2. The molecule has 5 heteroatoms. The molecule has 0 aliphatic carbocycles. The van der Waals surface area contributed by atoms with Crippen molar-refractivity contribution >= 4 is 29.9 Å². The van der Waals surface area contributed by atoms with Crippen LogP contribution in [0.5, 0.6) is 0 Å². The molecule has 3 nitrogen and oxygen atoms in total. The Bertz CT molecular complexity index is 363. The number of nitrogens with one attached hydrogen (secondary N) is 1. The number of carbonyl (C=O) groups excluding carboxylic acids is 1. The lowest BCUT2D eigenvalue weighted by molar-refractivity contribution is 0.0938. The van der Waals surface area contributed by atoms with Gasteiger partial charge < -0.3 is 11.1 Å². The third-order valence-corrected chi connectivity index (χ3v) is 2.64. The SMILES string of the molecule is CC(C)(CN)CNC(=O)c1ccc(Cl)cc1.Cl. The molecular formula is C12H18Cl2N2O. The van der Waals surface area contributed by atoms with E-state index in [9.17, 15) is 4.79 Å². The van der Waals surface area contributed by atoms with Crippen molar-refractivity contribution in [3.8, 4) is 0 Å². The van der Waals surface area contributed by atoms with E-state index in [4.69, 9.17) is 17.3 Å². The number of amides is 1. The van der Waals surface area contributed by atoms with Crippen LogP contribution in [0, 0.1) is 5.41 Å². The van der Waals surface area contributed by atoms with Crippen LogP contribution in [0.15, 0.2) is 24.3 Å². The van der Waals surface area contributed by atoms with Gasteiger partial charge in [-0.1, -0.05) is 25.4 Å². The second kappa shape index (κ2) is 6.84. The van der Waals surface area contributed by atoms with Crippen LogP contribution < -0.4 is 11.1 Å². The Morgan fingerprint density at radius 2 is 1.88 bits per heavy atom. The topological polar surface area (TPSA) is 55.1 Å². The standard InChI is InChI=1S/C12H17ClN2O.ClH/c1-12(2,7-14)8-15-11(16)9-3-5-10(13)6-4-9;/h3-6H,7-8,14H2,1-2H3,(H,15,16);1H. The average molecular weight is 277 g/mol. The second-order valence-electron chi connectivity index (χ2n) is 4.56. The van der Waals surface area contributed by atoms with E-state index in [-0.39, 0.29) is 23.7 Å². The smallest absolute Gasteiger partial charge is 0.251 e. The first-order valence-corrected chi connectivity index (χ1v) is 5.56. The molecule has 96 valence electrons. The Labute approximate surface area is 113 Å². The molecule has 17 heavy (non-hydrogen) atoms. The molecule has 0 spiro atoms. The predicted molar refractivity (Wildman–Crippen MR) is 73.9 cm³/mol. The van der Waals surface area contributed by atoms with Gasteiger partial charge in [-0.25, -0.2) is 0 Å². The van der Waals surface area contributed by atoms with Crippen LogP contribution in [0.2, 0.25) is 5.02 Å². The van der Waals surface area contributed by atoms with Crippen molar-refractivity contribution in [1.82, 2.24) is 5.32 Å². The van der Waals surface area contributed by atoms with Gasteiger partial charge in [0.15, 0.2) is 0 Å². The lowest BCUT2D eigenvalue weighted by Gasteiger charge is -2.22. The Morgan fingerprint density at radius 1 is 1.35 bits per heavy atom. The van der Waals surface area contributed by atoms with E-state index in [1.165, 1.54) is 0 Å². The highest BCUT2D eigenvalue weighted by Gasteiger charge is 2.16. The van der Waals surface area contributed by atoms with Gasteiger partial charge in [-0.3, -0.25) is 4.79 Å². The maximum atomic E-state index is 11.7. The Kier molecular flexibility index (Phi) is 6.53. The largest absolute Gasteiger partial charge is 0.351 e. The fourth-order valence-corrected chi connectivity index (χ4v) is 1.22. The minimum atomic E-state index is -0.0989. The number of hydrogen-bond acceptors (Lipinski definition) is 2. The summed E-state index contributed by atoms with van der Waals surface area (Å²) in [5.74, 6) is -0.0989. The van der Waals surface area contributed by atoms with E-state index >= 15 is 0 Å². The highest BCUT2D eigenvalue weighted by atomic mass is 35.5. The quantitative estimate of drug-likeness (QED) is 0.888. The molecule has 0 fully saturated rings. The van der Waals surface area contributed by atoms with Crippen LogP contribution in [0.3, 0.4) is 0 Å². The molecule has 0 aliphatic rings. The molecule has 1 amide bonds. The number of nitrogens with two attached hydrogens (primary N) is 1. The maximum Gasteiger partial charge on any atom is 0.251 e. The molecular weight excluding hydrogens is 259 g/mol. The van der Waals surface area contributed by atoms with Gasteiger partial charge in [0.1, 0.15) is 0 Å². The Hall–Kier alpha value is -0.770. The number of rotatable bonds is 4. The first kappa shape index (κ1) is 16.2. The highest BCUT2D eigenvalue weighted by Crippen LogP contribution is 2.12. The molecule has 0 saturated carbocycles. The summed E-state index contributed by atoms with van der Waals surface area (Å²) >= 11 is 5.74. The molecule has 0 aromatic heterocycles. The zero-order valence-electron chi connectivity index (χ0n) is 10.00. The maximum absolute atomic E-state index is 11.7. The van der Waals surface area contributed by atoms with Gasteiger partial charge in [-0.2, -0.15) is 0 Å². The van der Waals surface area contributed by atoms with Crippen LogP contribution in [0.25, 0.3) is 0 Å². The summed E-state index contributed by atoms with van der Waals surface area (Å²) in [5.41, 5.74) is 6.11. The zero-order valence-corrected chi connectivity index (χ0v) is 11.6. The molecule has 0 atom stereocenters. The first-order valence-electron chi connectivity index (χ1n) is 5.18. The van der Waals surface area contributed by atoms with Crippen molar-refractivity contribution in [2.24, 2.45) is 11.1 Å². The highest BCUT2D eigenvalue weighted by molar-refractivity contribution is 6.30. The van der Waals surface area contributed by atoms with E-state index in [2.05, 4.69) is 5.32 Å². The Balaban J connectivity index is 0.00000256. The lowest BCUT2D eigenvalue weighted by Crippen LogP contribution is -2.38. The third-order valence-electron chi connectivity index (χ3n) is 2.39. The van der Waals surface area contributed by atoms with Gasteiger partial charge >= 0.3 is 0 Å². The molecule has 1 rings (SSSR count). The monoisotopic (exact) mass is 276 g/mol. The fourth-order valence-electron chi connectivity index (χ4n) is 1.10. The number of benzene rings is 1. The van der Waals surface area contributed by atoms with E-state index in [0.29, 0.717) is 23.7 Å².